The van der Waals surface area contributed by atoms with Gasteiger partial charge in [-0.1, -0.05) is 0 Å². The maximum absolute atomic E-state index is 14.1. The normalized spacial score (nSPS) is 24.9. The molecule has 0 amide bonds. The van der Waals surface area contributed by atoms with Gasteiger partial charge < -0.3 is 5.11 Å². The maximum Gasteiger partial charge on any atom is 0.414 e. The lowest BCUT2D eigenvalue weighted by molar-refractivity contribution is -0.341. The predicted octanol–water partition coefficient (Wildman–Crippen LogP) is 5.46. The number of aliphatic hydroxyl groups is 1. The van der Waals surface area contributed by atoms with Crippen molar-refractivity contribution in [3.05, 3.63) is 40.5 Å². The van der Waals surface area contributed by atoms with Crippen LogP contribution in [0.4, 0.5) is 57.1 Å². The van der Waals surface area contributed by atoms with Gasteiger partial charge in [-0.15, -0.1) is 0 Å². The van der Waals surface area contributed by atoms with E-state index in [2.05, 4.69) is 0 Å². The predicted molar refractivity (Wildman–Crippen MR) is 72.9 cm³/mol. The van der Waals surface area contributed by atoms with Crippen molar-refractivity contribution in [3.63, 3.8) is 0 Å². The van der Waals surface area contributed by atoms with Gasteiger partial charge in [0.1, 0.15) is 17.4 Å². The van der Waals surface area contributed by atoms with Crippen LogP contribution in [-0.2, 0) is 11.2 Å². The number of hydrogen-bond donors (Lipinski definition) is 1. The van der Waals surface area contributed by atoms with Crippen molar-refractivity contribution in [2.75, 3.05) is 0 Å². The Morgan fingerprint density at radius 2 is 1.29 bits per heavy atom. The number of fused-ring (bicyclic) bond motifs is 1. The highest BCUT2D eigenvalue weighted by Crippen LogP contribution is 2.76. The minimum atomic E-state index is -7.42. The van der Waals surface area contributed by atoms with Crippen LogP contribution in [0, 0.1) is 17.0 Å². The van der Waals surface area contributed by atoms with E-state index in [0.29, 0.717) is 0 Å². The van der Waals surface area contributed by atoms with Gasteiger partial charge in [0.05, 0.1) is 5.56 Å². The zero-order chi connectivity index (χ0) is 24.2. The fourth-order valence-corrected chi connectivity index (χ4v) is 3.70. The fraction of sp³-hybridized carbons (Fsp3) is 0.438. The third-order valence-corrected chi connectivity index (χ3v) is 5.19. The second-order valence-corrected chi connectivity index (χ2v) is 6.80. The first kappa shape index (κ1) is 23.2. The number of hydrogen-bond acceptors (Lipinski definition) is 2. The van der Waals surface area contributed by atoms with Crippen molar-refractivity contribution in [1.82, 2.24) is 0 Å². The summed E-state index contributed by atoms with van der Waals surface area (Å²) in [6, 6.07) is 0.270. The summed E-state index contributed by atoms with van der Waals surface area (Å²) in [7, 11) is 0. The lowest BCUT2D eigenvalue weighted by Crippen LogP contribution is -2.65. The van der Waals surface area contributed by atoms with Gasteiger partial charge in [0.2, 0.25) is 0 Å². The Bertz CT molecular complexity index is 993. The summed E-state index contributed by atoms with van der Waals surface area (Å²) in [5, 5.41) is 9.79. The van der Waals surface area contributed by atoms with Crippen LogP contribution in [0.3, 0.4) is 0 Å². The maximum atomic E-state index is 14.1. The Morgan fingerprint density at radius 3 is 1.71 bits per heavy atom. The Labute approximate surface area is 161 Å². The van der Waals surface area contributed by atoms with Gasteiger partial charge >= 0.3 is 29.9 Å². The van der Waals surface area contributed by atoms with Gasteiger partial charge in [-0.25, -0.2) is 8.78 Å². The molecular weight excluding hydrogens is 471 g/mol. The molecule has 15 heteroatoms. The van der Waals surface area contributed by atoms with E-state index in [-0.39, 0.29) is 12.1 Å². The second-order valence-electron chi connectivity index (χ2n) is 6.80. The van der Waals surface area contributed by atoms with E-state index in [1.165, 1.54) is 0 Å². The third kappa shape index (κ3) is 2.24. The molecule has 0 bridgehead atoms. The molecule has 31 heavy (non-hydrogen) atoms. The number of halogens is 13. The Morgan fingerprint density at radius 1 is 0.839 bits per heavy atom. The molecule has 1 saturated carbocycles. The highest BCUT2D eigenvalue weighted by molar-refractivity contribution is 6.09. The van der Waals surface area contributed by atoms with E-state index in [1.807, 2.05) is 0 Å². The van der Waals surface area contributed by atoms with Crippen molar-refractivity contribution < 1.29 is 67.0 Å². The summed E-state index contributed by atoms with van der Waals surface area (Å²) in [6.45, 7) is 0. The third-order valence-electron chi connectivity index (χ3n) is 5.19. The number of carbonyl (C=O) groups excluding carboxylic acids is 1. The molecule has 0 spiro atoms. The summed E-state index contributed by atoms with van der Waals surface area (Å²) in [5.74, 6) is -38.6. The number of Topliss-reactive ketones (excluding diaryl/α,β-unsaturated/α-hetero) is 1. The summed E-state index contributed by atoms with van der Waals surface area (Å²) in [6.07, 6.45) is -9.04. The summed E-state index contributed by atoms with van der Waals surface area (Å²) >= 11 is 0. The summed E-state index contributed by atoms with van der Waals surface area (Å²) in [5.41, 5.74) is -11.4. The summed E-state index contributed by atoms with van der Waals surface area (Å²) < 4.78 is 178. The SMILES string of the molecule is O=C(C1=C(O)c2c(F)cc(F)cc2C1)C1(C(F)(F)F)C(F)(F)C(F)(F)C(F)(F)C1(F)F. The number of ketones is 1. The highest BCUT2D eigenvalue weighted by Gasteiger charge is 3.06. The molecule has 3 rings (SSSR count). The molecule has 2 nitrogen and oxygen atoms in total. The number of rotatable bonds is 2. The van der Waals surface area contributed by atoms with Gasteiger partial charge in [-0.2, -0.15) is 48.3 Å². The molecule has 0 radical (unpaired) electrons. The minimum absolute atomic E-state index is 0.00305. The quantitative estimate of drug-likeness (QED) is 0.576. The van der Waals surface area contributed by atoms with Crippen molar-refractivity contribution in [1.29, 1.82) is 0 Å². The van der Waals surface area contributed by atoms with Crippen LogP contribution in [0.15, 0.2) is 17.7 Å². The van der Waals surface area contributed by atoms with Gasteiger partial charge in [-0.05, 0) is 11.6 Å². The Kier molecular flexibility index (Phi) is 4.38. The number of allylic oxidation sites excluding steroid dienone is 1. The van der Waals surface area contributed by atoms with Crippen LogP contribution in [0.5, 0.6) is 0 Å². The Hall–Kier alpha value is -2.48. The van der Waals surface area contributed by atoms with Gasteiger partial charge in [0.15, 0.2) is 5.78 Å². The number of carbonyl (C=O) groups is 1. The van der Waals surface area contributed by atoms with Crippen LogP contribution in [0.2, 0.25) is 0 Å². The van der Waals surface area contributed by atoms with Crippen LogP contribution >= 0.6 is 0 Å². The van der Waals surface area contributed by atoms with E-state index < -0.39 is 81.6 Å². The minimum Gasteiger partial charge on any atom is -0.507 e. The van der Waals surface area contributed by atoms with Crippen LogP contribution < -0.4 is 0 Å². The highest BCUT2D eigenvalue weighted by atomic mass is 19.4. The van der Waals surface area contributed by atoms with Crippen LogP contribution in [0.1, 0.15) is 11.1 Å². The van der Waals surface area contributed by atoms with E-state index in [9.17, 15) is 67.0 Å². The lowest BCUT2D eigenvalue weighted by Gasteiger charge is -2.38. The smallest absolute Gasteiger partial charge is 0.414 e. The second kappa shape index (κ2) is 5.85. The molecule has 0 unspecified atom stereocenters. The molecule has 1 fully saturated rings. The first-order chi connectivity index (χ1) is 13.7. The first-order valence-electron chi connectivity index (χ1n) is 7.75. The van der Waals surface area contributed by atoms with Crippen molar-refractivity contribution in [2.45, 2.75) is 36.3 Å². The van der Waals surface area contributed by atoms with Gasteiger partial charge in [0.25, 0.3) is 5.41 Å². The van der Waals surface area contributed by atoms with Crippen LogP contribution in [0.25, 0.3) is 5.76 Å². The van der Waals surface area contributed by atoms with Gasteiger partial charge in [-0.3, -0.25) is 4.79 Å². The average Bonchev–Trinajstić information content (AvgIpc) is 2.91. The number of alkyl halides is 11. The van der Waals surface area contributed by atoms with Gasteiger partial charge in [0, 0.05) is 18.1 Å². The number of benzene rings is 1. The number of aliphatic hydroxyl groups excluding tert-OH is 1. The largest absolute Gasteiger partial charge is 0.507 e. The van der Waals surface area contributed by atoms with E-state index >= 15 is 0 Å². The van der Waals surface area contributed by atoms with E-state index in [4.69, 9.17) is 0 Å². The lowest BCUT2D eigenvalue weighted by atomic mass is 9.72. The summed E-state index contributed by atoms with van der Waals surface area (Å²) in [4.78, 5) is 12.3. The molecule has 172 valence electrons. The molecule has 2 aliphatic rings. The standard InChI is InChI=1S/C16H5F13O2/c17-5-1-4-2-6(9(30)8(4)7(18)3-5)10(31)11(16(27,28)29)12(19,20)14(23,24)15(25,26)13(11,21)22/h1,3,30H,2H2. The van der Waals surface area contributed by atoms with Crippen molar-refractivity contribution >= 4 is 11.5 Å². The topological polar surface area (TPSA) is 37.3 Å². The Balaban J connectivity index is 2.37. The monoisotopic (exact) mass is 476 g/mol. The molecule has 0 atom stereocenters. The first-order valence-corrected chi connectivity index (χ1v) is 7.75. The molecule has 0 heterocycles. The average molecular weight is 476 g/mol. The molecule has 1 N–H and O–H groups in total. The van der Waals surface area contributed by atoms with Crippen molar-refractivity contribution in [3.8, 4) is 0 Å². The van der Waals surface area contributed by atoms with E-state index in [1.54, 1.807) is 0 Å². The molecule has 0 aromatic heterocycles. The molecule has 0 aliphatic heterocycles. The molecule has 1 aromatic carbocycles. The molecule has 1 aromatic rings. The molecule has 2 aliphatic carbocycles. The van der Waals surface area contributed by atoms with Crippen LogP contribution in [-0.4, -0.2) is 40.8 Å². The molecular formula is C16H5F13O2. The molecule has 0 saturated heterocycles. The fourth-order valence-electron chi connectivity index (χ4n) is 3.70. The zero-order valence-corrected chi connectivity index (χ0v) is 14.1. The zero-order valence-electron chi connectivity index (χ0n) is 14.1. The van der Waals surface area contributed by atoms with Crippen molar-refractivity contribution in [2.24, 2.45) is 5.41 Å². The van der Waals surface area contributed by atoms with E-state index in [0.717, 1.165) is 0 Å².